The van der Waals surface area contributed by atoms with Crippen molar-refractivity contribution in [3.8, 4) is 0 Å². The minimum absolute atomic E-state index is 0.105. The standard InChI is InChI=1S/C9H8ClF2NO2/c10-5-1-4(2-6(11)8(5)12)3-7(13)9(14)15/h1-2,7H,3,13H2,(H,14,15). The van der Waals surface area contributed by atoms with Gasteiger partial charge in [0.15, 0.2) is 11.6 Å². The molecule has 1 atom stereocenters. The Morgan fingerprint density at radius 1 is 1.53 bits per heavy atom. The molecule has 1 unspecified atom stereocenters. The first-order chi connectivity index (χ1) is 6.91. The van der Waals surface area contributed by atoms with E-state index in [9.17, 15) is 13.6 Å². The Kier molecular flexibility index (Phi) is 3.60. The van der Waals surface area contributed by atoms with Crippen molar-refractivity contribution in [1.29, 1.82) is 0 Å². The van der Waals surface area contributed by atoms with Crippen LogP contribution in [0.5, 0.6) is 0 Å². The average Bonchev–Trinajstić information content (AvgIpc) is 2.13. The molecule has 0 fully saturated rings. The third-order valence-corrected chi connectivity index (χ3v) is 2.09. The molecule has 1 aromatic rings. The zero-order chi connectivity index (χ0) is 11.6. The fourth-order valence-electron chi connectivity index (χ4n) is 1.07. The lowest BCUT2D eigenvalue weighted by Crippen LogP contribution is -2.32. The summed E-state index contributed by atoms with van der Waals surface area (Å²) >= 11 is 5.38. The van der Waals surface area contributed by atoms with Crippen molar-refractivity contribution >= 4 is 17.6 Å². The van der Waals surface area contributed by atoms with E-state index in [1.54, 1.807) is 0 Å². The number of hydrogen-bond donors (Lipinski definition) is 2. The number of carbonyl (C=O) groups is 1. The van der Waals surface area contributed by atoms with Crippen LogP contribution in [0.3, 0.4) is 0 Å². The maximum absolute atomic E-state index is 12.8. The predicted octanol–water partition coefficient (Wildman–Crippen LogP) is 1.57. The molecule has 6 heteroatoms. The first-order valence-corrected chi connectivity index (χ1v) is 4.41. The highest BCUT2D eigenvalue weighted by atomic mass is 35.5. The van der Waals surface area contributed by atoms with Crippen molar-refractivity contribution in [2.24, 2.45) is 5.73 Å². The second-order valence-electron chi connectivity index (χ2n) is 3.02. The van der Waals surface area contributed by atoms with Crippen LogP contribution in [-0.2, 0) is 11.2 Å². The number of aliphatic carboxylic acids is 1. The molecule has 3 nitrogen and oxygen atoms in total. The lowest BCUT2D eigenvalue weighted by atomic mass is 10.1. The SMILES string of the molecule is NC(Cc1cc(F)c(F)c(Cl)c1)C(=O)O. The average molecular weight is 236 g/mol. The van der Waals surface area contributed by atoms with E-state index in [0.717, 1.165) is 12.1 Å². The lowest BCUT2D eigenvalue weighted by molar-refractivity contribution is -0.138. The molecule has 0 saturated carbocycles. The predicted molar refractivity (Wildman–Crippen MR) is 50.7 cm³/mol. The summed E-state index contributed by atoms with van der Waals surface area (Å²) in [6.45, 7) is 0. The maximum Gasteiger partial charge on any atom is 0.320 e. The van der Waals surface area contributed by atoms with Crippen molar-refractivity contribution in [3.63, 3.8) is 0 Å². The van der Waals surface area contributed by atoms with Crippen molar-refractivity contribution < 1.29 is 18.7 Å². The molecule has 3 N–H and O–H groups in total. The van der Waals surface area contributed by atoms with Gasteiger partial charge in [-0.2, -0.15) is 0 Å². The van der Waals surface area contributed by atoms with E-state index >= 15 is 0 Å². The molecule has 0 aliphatic rings. The van der Waals surface area contributed by atoms with Gasteiger partial charge in [-0.05, 0) is 24.1 Å². The highest BCUT2D eigenvalue weighted by Crippen LogP contribution is 2.20. The second kappa shape index (κ2) is 4.55. The van der Waals surface area contributed by atoms with Crippen LogP contribution < -0.4 is 5.73 Å². The number of carboxylic acids is 1. The lowest BCUT2D eigenvalue weighted by Gasteiger charge is -2.07. The summed E-state index contributed by atoms with van der Waals surface area (Å²) in [6, 6.07) is 0.873. The van der Waals surface area contributed by atoms with E-state index in [4.69, 9.17) is 22.4 Å². The Morgan fingerprint density at radius 2 is 2.13 bits per heavy atom. The molecule has 0 aliphatic heterocycles. The Balaban J connectivity index is 2.92. The summed E-state index contributed by atoms with van der Waals surface area (Å²) < 4.78 is 25.6. The van der Waals surface area contributed by atoms with Gasteiger partial charge in [-0.25, -0.2) is 8.78 Å². The van der Waals surface area contributed by atoms with E-state index < -0.39 is 23.6 Å². The third-order valence-electron chi connectivity index (χ3n) is 1.82. The number of benzene rings is 1. The highest BCUT2D eigenvalue weighted by molar-refractivity contribution is 6.30. The fraction of sp³-hybridized carbons (Fsp3) is 0.222. The van der Waals surface area contributed by atoms with E-state index in [-0.39, 0.29) is 17.0 Å². The summed E-state index contributed by atoms with van der Waals surface area (Å²) in [5.41, 5.74) is 5.47. The van der Waals surface area contributed by atoms with Gasteiger partial charge in [0.05, 0.1) is 5.02 Å². The monoisotopic (exact) mass is 235 g/mol. The smallest absolute Gasteiger partial charge is 0.320 e. The van der Waals surface area contributed by atoms with Crippen LogP contribution >= 0.6 is 11.6 Å². The van der Waals surface area contributed by atoms with Gasteiger partial charge in [0.1, 0.15) is 6.04 Å². The van der Waals surface area contributed by atoms with E-state index in [1.165, 1.54) is 0 Å². The molecule has 0 bridgehead atoms. The zero-order valence-corrected chi connectivity index (χ0v) is 8.26. The molecule has 0 amide bonds. The molecule has 15 heavy (non-hydrogen) atoms. The Hall–Kier alpha value is -1.20. The Bertz CT molecular complexity index is 375. The van der Waals surface area contributed by atoms with E-state index in [2.05, 4.69) is 0 Å². The minimum atomic E-state index is -1.21. The van der Waals surface area contributed by atoms with Gasteiger partial charge in [-0.3, -0.25) is 4.79 Å². The third kappa shape index (κ3) is 2.87. The van der Waals surface area contributed by atoms with Crippen LogP contribution in [-0.4, -0.2) is 17.1 Å². The van der Waals surface area contributed by atoms with Crippen LogP contribution in [0.1, 0.15) is 5.56 Å². The van der Waals surface area contributed by atoms with Crippen LogP contribution in [0.2, 0.25) is 5.02 Å². The fourth-order valence-corrected chi connectivity index (χ4v) is 1.30. The van der Waals surface area contributed by atoms with Crippen LogP contribution in [0.15, 0.2) is 12.1 Å². The molecule has 1 rings (SSSR count). The molecule has 0 aliphatic carbocycles. The molecule has 0 aromatic heterocycles. The van der Waals surface area contributed by atoms with Gasteiger partial charge in [0.2, 0.25) is 0 Å². The zero-order valence-electron chi connectivity index (χ0n) is 7.51. The van der Waals surface area contributed by atoms with Crippen molar-refractivity contribution in [3.05, 3.63) is 34.4 Å². The topological polar surface area (TPSA) is 63.3 Å². The largest absolute Gasteiger partial charge is 0.480 e. The van der Waals surface area contributed by atoms with Gasteiger partial charge >= 0.3 is 5.97 Å². The van der Waals surface area contributed by atoms with Crippen LogP contribution in [0.25, 0.3) is 0 Å². The van der Waals surface area contributed by atoms with Crippen molar-refractivity contribution in [2.45, 2.75) is 12.5 Å². The molecule has 0 heterocycles. The van der Waals surface area contributed by atoms with Crippen LogP contribution in [0.4, 0.5) is 8.78 Å². The minimum Gasteiger partial charge on any atom is -0.480 e. The molecule has 82 valence electrons. The van der Waals surface area contributed by atoms with Gasteiger partial charge < -0.3 is 10.8 Å². The van der Waals surface area contributed by atoms with Gasteiger partial charge in [0, 0.05) is 0 Å². The van der Waals surface area contributed by atoms with Gasteiger partial charge in [0.25, 0.3) is 0 Å². The Labute approximate surface area is 89.5 Å². The second-order valence-corrected chi connectivity index (χ2v) is 3.43. The van der Waals surface area contributed by atoms with Crippen molar-refractivity contribution in [2.75, 3.05) is 0 Å². The van der Waals surface area contributed by atoms with E-state index in [1.807, 2.05) is 0 Å². The van der Waals surface area contributed by atoms with Gasteiger partial charge in [-0.15, -0.1) is 0 Å². The number of nitrogens with two attached hydrogens (primary N) is 1. The van der Waals surface area contributed by atoms with E-state index in [0.29, 0.717) is 0 Å². The first-order valence-electron chi connectivity index (χ1n) is 4.03. The number of hydrogen-bond acceptors (Lipinski definition) is 2. The summed E-state index contributed by atoms with van der Waals surface area (Å²) in [5, 5.41) is 8.12. The summed E-state index contributed by atoms with van der Waals surface area (Å²) in [6.07, 6.45) is -0.105. The maximum atomic E-state index is 12.8. The van der Waals surface area contributed by atoms with Gasteiger partial charge in [-0.1, -0.05) is 11.6 Å². The molecule has 0 spiro atoms. The molecule has 0 radical (unpaired) electrons. The molecular formula is C9H8ClF2NO2. The summed E-state index contributed by atoms with van der Waals surface area (Å²) in [5.74, 6) is -3.48. The first kappa shape index (κ1) is 11.9. The highest BCUT2D eigenvalue weighted by Gasteiger charge is 2.15. The summed E-state index contributed by atoms with van der Waals surface area (Å²) in [4.78, 5) is 10.4. The Morgan fingerprint density at radius 3 is 2.60 bits per heavy atom. The van der Waals surface area contributed by atoms with Crippen molar-refractivity contribution in [1.82, 2.24) is 0 Å². The number of halogens is 3. The molecule has 0 saturated heterocycles. The number of carboxylic acid groups (broad SMARTS) is 1. The normalized spacial score (nSPS) is 12.5. The summed E-state index contributed by atoms with van der Waals surface area (Å²) in [7, 11) is 0. The quantitative estimate of drug-likeness (QED) is 0.782. The molecular weight excluding hydrogens is 228 g/mol. The number of rotatable bonds is 3. The van der Waals surface area contributed by atoms with Crippen LogP contribution in [0, 0.1) is 11.6 Å². The molecule has 1 aromatic carbocycles.